The minimum atomic E-state index is 0.305. The summed E-state index contributed by atoms with van der Waals surface area (Å²) >= 11 is 0. The van der Waals surface area contributed by atoms with E-state index < -0.39 is 0 Å². The maximum Gasteiger partial charge on any atom is 0.223 e. The fraction of sp³-hybridized carbons (Fsp3) is 0.647. The zero-order valence-electron chi connectivity index (χ0n) is 12.7. The molecule has 1 unspecified atom stereocenters. The number of hydrogen-bond donors (Lipinski definition) is 1. The van der Waals surface area contributed by atoms with Gasteiger partial charge in [-0.1, -0.05) is 6.07 Å². The molecule has 1 saturated heterocycles. The summed E-state index contributed by atoms with van der Waals surface area (Å²) in [6.07, 6.45) is 9.55. The number of rotatable bonds is 4. The number of aromatic nitrogens is 1. The third kappa shape index (κ3) is 3.62. The van der Waals surface area contributed by atoms with Crippen LogP contribution in [0.5, 0.6) is 0 Å². The summed E-state index contributed by atoms with van der Waals surface area (Å²) in [5.41, 5.74) is 2.55. The van der Waals surface area contributed by atoms with E-state index in [4.69, 9.17) is 0 Å². The van der Waals surface area contributed by atoms with E-state index in [0.717, 1.165) is 32.5 Å². The van der Waals surface area contributed by atoms with Gasteiger partial charge >= 0.3 is 0 Å². The summed E-state index contributed by atoms with van der Waals surface area (Å²) in [4.78, 5) is 18.7. The van der Waals surface area contributed by atoms with Crippen molar-refractivity contribution >= 4 is 5.91 Å². The lowest BCUT2D eigenvalue weighted by molar-refractivity contribution is -0.132. The van der Waals surface area contributed by atoms with Gasteiger partial charge in [0.2, 0.25) is 5.91 Å². The number of nitrogens with zero attached hydrogens (tertiary/aromatic N) is 2. The molecule has 2 aliphatic rings. The van der Waals surface area contributed by atoms with Crippen molar-refractivity contribution in [3.63, 3.8) is 0 Å². The lowest BCUT2D eigenvalue weighted by Crippen LogP contribution is -2.37. The van der Waals surface area contributed by atoms with Crippen molar-refractivity contribution in [1.82, 2.24) is 15.2 Å². The van der Waals surface area contributed by atoms with Crippen LogP contribution in [0.1, 0.15) is 55.8 Å². The van der Waals surface area contributed by atoms with Crippen molar-refractivity contribution < 1.29 is 4.79 Å². The molecule has 4 heteroatoms. The molecule has 1 atom stereocenters. The highest BCUT2D eigenvalue weighted by molar-refractivity contribution is 5.76. The van der Waals surface area contributed by atoms with Gasteiger partial charge in [-0.2, -0.15) is 0 Å². The Bertz CT molecular complexity index is 483. The number of carbonyl (C=O) groups excluding carboxylic acids is 1. The Morgan fingerprint density at radius 1 is 1.29 bits per heavy atom. The molecule has 0 spiro atoms. The van der Waals surface area contributed by atoms with E-state index in [1.165, 1.54) is 36.9 Å². The second-order valence-electron chi connectivity index (χ2n) is 6.14. The molecule has 2 heterocycles. The topological polar surface area (TPSA) is 45.2 Å². The van der Waals surface area contributed by atoms with Gasteiger partial charge in [0.25, 0.3) is 0 Å². The van der Waals surface area contributed by atoms with Crippen molar-refractivity contribution in [3.8, 4) is 0 Å². The Labute approximate surface area is 126 Å². The Hall–Kier alpha value is -1.42. The predicted octanol–water partition coefficient (Wildman–Crippen LogP) is 2.45. The minimum Gasteiger partial charge on any atom is -0.343 e. The molecular formula is C17H25N3O. The maximum absolute atomic E-state index is 12.2. The molecular weight excluding hydrogens is 262 g/mol. The monoisotopic (exact) mass is 287 g/mol. The van der Waals surface area contributed by atoms with Gasteiger partial charge in [0.15, 0.2) is 0 Å². The van der Waals surface area contributed by atoms with Gasteiger partial charge < -0.3 is 10.2 Å². The molecule has 1 aromatic heterocycles. The number of fused-ring (bicyclic) bond motifs is 1. The average molecular weight is 287 g/mol. The van der Waals surface area contributed by atoms with Crippen molar-refractivity contribution in [2.45, 2.75) is 51.0 Å². The third-order valence-electron chi connectivity index (χ3n) is 4.63. The summed E-state index contributed by atoms with van der Waals surface area (Å²) in [5.74, 6) is 0.305. The van der Waals surface area contributed by atoms with Crippen LogP contribution in [-0.2, 0) is 11.2 Å². The summed E-state index contributed by atoms with van der Waals surface area (Å²) < 4.78 is 0. The zero-order chi connectivity index (χ0) is 14.5. The van der Waals surface area contributed by atoms with E-state index in [1.807, 2.05) is 17.2 Å². The van der Waals surface area contributed by atoms with Gasteiger partial charge in [-0.15, -0.1) is 0 Å². The van der Waals surface area contributed by atoms with Crippen LogP contribution in [0.15, 0.2) is 18.3 Å². The van der Waals surface area contributed by atoms with Crippen LogP contribution in [0.25, 0.3) is 0 Å². The molecule has 1 aliphatic heterocycles. The first-order valence-corrected chi connectivity index (χ1v) is 8.29. The van der Waals surface area contributed by atoms with Gasteiger partial charge in [0, 0.05) is 38.3 Å². The minimum absolute atomic E-state index is 0.305. The number of pyridine rings is 1. The summed E-state index contributed by atoms with van der Waals surface area (Å²) in [6, 6.07) is 4.51. The first-order valence-electron chi connectivity index (χ1n) is 8.29. The largest absolute Gasteiger partial charge is 0.343 e. The first-order chi connectivity index (χ1) is 10.3. The standard InChI is InChI=1S/C17H25N3O/c21-16(20-12-2-1-3-13-20)9-11-18-15-8-4-6-14-7-5-10-19-17(14)15/h5,7,10,15,18H,1-4,6,8-9,11-13H2. The van der Waals surface area contributed by atoms with Gasteiger partial charge in [-0.25, -0.2) is 0 Å². The number of piperidine rings is 1. The van der Waals surface area contributed by atoms with E-state index in [-0.39, 0.29) is 0 Å². The lowest BCUT2D eigenvalue weighted by Gasteiger charge is -2.28. The van der Waals surface area contributed by atoms with E-state index in [9.17, 15) is 4.79 Å². The van der Waals surface area contributed by atoms with Crippen LogP contribution in [0.3, 0.4) is 0 Å². The van der Waals surface area contributed by atoms with Crippen LogP contribution < -0.4 is 5.32 Å². The van der Waals surface area contributed by atoms with Crippen LogP contribution in [0.4, 0.5) is 0 Å². The highest BCUT2D eigenvalue weighted by atomic mass is 16.2. The van der Waals surface area contributed by atoms with Crippen molar-refractivity contribution in [1.29, 1.82) is 0 Å². The second-order valence-corrected chi connectivity index (χ2v) is 6.14. The van der Waals surface area contributed by atoms with Gasteiger partial charge in [-0.05, 0) is 50.2 Å². The normalized spacial score (nSPS) is 21.9. The van der Waals surface area contributed by atoms with E-state index in [1.54, 1.807) is 0 Å². The highest BCUT2D eigenvalue weighted by Gasteiger charge is 2.21. The van der Waals surface area contributed by atoms with Crippen LogP contribution in [0, 0.1) is 0 Å². The molecule has 1 aromatic rings. The van der Waals surface area contributed by atoms with Crippen LogP contribution in [0.2, 0.25) is 0 Å². The molecule has 0 bridgehead atoms. The maximum atomic E-state index is 12.2. The fourth-order valence-corrected chi connectivity index (χ4v) is 3.46. The Balaban J connectivity index is 1.48. The lowest BCUT2D eigenvalue weighted by atomic mass is 9.92. The average Bonchev–Trinajstić information content (AvgIpc) is 2.56. The SMILES string of the molecule is O=C(CCNC1CCCc2cccnc21)N1CCCCC1. The van der Waals surface area contributed by atoms with Gasteiger partial charge in [0.1, 0.15) is 0 Å². The van der Waals surface area contributed by atoms with Crippen molar-refractivity contribution in [2.24, 2.45) is 0 Å². The predicted molar refractivity (Wildman–Crippen MR) is 83.0 cm³/mol. The quantitative estimate of drug-likeness (QED) is 0.925. The molecule has 4 nitrogen and oxygen atoms in total. The smallest absolute Gasteiger partial charge is 0.223 e. The fourth-order valence-electron chi connectivity index (χ4n) is 3.46. The zero-order valence-corrected chi connectivity index (χ0v) is 12.7. The molecule has 3 rings (SSSR count). The molecule has 0 radical (unpaired) electrons. The molecule has 0 aromatic carbocycles. The molecule has 1 fully saturated rings. The molecule has 1 amide bonds. The van der Waals surface area contributed by atoms with Crippen molar-refractivity contribution in [3.05, 3.63) is 29.6 Å². The van der Waals surface area contributed by atoms with E-state index >= 15 is 0 Å². The number of aryl methyl sites for hydroxylation is 1. The molecule has 1 N–H and O–H groups in total. The van der Waals surface area contributed by atoms with Gasteiger partial charge in [0.05, 0.1) is 5.69 Å². The van der Waals surface area contributed by atoms with Crippen LogP contribution >= 0.6 is 0 Å². The number of nitrogens with one attached hydrogen (secondary N) is 1. The summed E-state index contributed by atoms with van der Waals surface area (Å²) in [6.45, 7) is 2.66. The first kappa shape index (κ1) is 14.5. The molecule has 114 valence electrons. The summed E-state index contributed by atoms with van der Waals surface area (Å²) in [7, 11) is 0. The molecule has 0 saturated carbocycles. The molecule has 21 heavy (non-hydrogen) atoms. The third-order valence-corrected chi connectivity index (χ3v) is 4.63. The van der Waals surface area contributed by atoms with E-state index in [2.05, 4.69) is 16.4 Å². The number of amides is 1. The van der Waals surface area contributed by atoms with E-state index in [0.29, 0.717) is 18.4 Å². The Morgan fingerprint density at radius 2 is 2.14 bits per heavy atom. The highest BCUT2D eigenvalue weighted by Crippen LogP contribution is 2.27. The number of carbonyl (C=O) groups is 1. The van der Waals surface area contributed by atoms with Gasteiger partial charge in [-0.3, -0.25) is 9.78 Å². The van der Waals surface area contributed by atoms with Crippen molar-refractivity contribution in [2.75, 3.05) is 19.6 Å². The number of likely N-dealkylation sites (tertiary alicyclic amines) is 1. The molecule has 1 aliphatic carbocycles. The van der Waals surface area contributed by atoms with Crippen LogP contribution in [-0.4, -0.2) is 35.4 Å². The summed E-state index contributed by atoms with van der Waals surface area (Å²) in [5, 5.41) is 3.54. The second kappa shape index (κ2) is 7.03. The Kier molecular flexibility index (Phi) is 4.86. The number of hydrogen-bond acceptors (Lipinski definition) is 3. The Morgan fingerprint density at radius 3 is 3.00 bits per heavy atom.